The van der Waals surface area contributed by atoms with E-state index in [1.807, 2.05) is 30.3 Å². The number of methoxy groups -OCH3 is 1. The third-order valence-electron chi connectivity index (χ3n) is 5.47. The molecule has 164 valence electrons. The maximum absolute atomic E-state index is 15.1. The summed E-state index contributed by atoms with van der Waals surface area (Å²) >= 11 is 5.73. The van der Waals surface area contributed by atoms with Gasteiger partial charge in [-0.3, -0.25) is 0 Å². The Kier molecular flexibility index (Phi) is 7.08. The van der Waals surface area contributed by atoms with E-state index >= 15 is 4.39 Å². The maximum atomic E-state index is 15.1. The molecular weight excluding hydrogens is 430 g/mol. The first-order chi connectivity index (χ1) is 15.5. The Labute approximate surface area is 191 Å². The van der Waals surface area contributed by atoms with Gasteiger partial charge in [-0.15, -0.1) is 0 Å². The summed E-state index contributed by atoms with van der Waals surface area (Å²) in [6.07, 6.45) is 6.06. The molecule has 4 aromatic rings. The molecule has 3 aromatic carbocycles. The second-order valence-electron chi connectivity index (χ2n) is 7.78. The van der Waals surface area contributed by atoms with Crippen molar-refractivity contribution in [1.29, 1.82) is 0 Å². The second kappa shape index (κ2) is 10.2. The van der Waals surface area contributed by atoms with Crippen LogP contribution in [0.2, 0.25) is 5.02 Å². The maximum Gasteiger partial charge on any atom is 0.142 e. The second-order valence-corrected chi connectivity index (χ2v) is 8.19. The minimum atomic E-state index is -0.452. The van der Waals surface area contributed by atoms with Crippen molar-refractivity contribution in [3.63, 3.8) is 0 Å². The lowest BCUT2D eigenvalue weighted by atomic mass is 9.98. The van der Waals surface area contributed by atoms with Crippen LogP contribution in [0.3, 0.4) is 0 Å². The van der Waals surface area contributed by atoms with Crippen LogP contribution in [0, 0.1) is 11.6 Å². The zero-order valence-electron chi connectivity index (χ0n) is 17.7. The lowest BCUT2D eigenvalue weighted by Crippen LogP contribution is -2.00. The van der Waals surface area contributed by atoms with Crippen LogP contribution in [0.4, 0.5) is 8.78 Å². The Morgan fingerprint density at radius 2 is 1.53 bits per heavy atom. The summed E-state index contributed by atoms with van der Waals surface area (Å²) in [5, 5.41) is 1.54. The third kappa shape index (κ3) is 5.29. The van der Waals surface area contributed by atoms with E-state index in [4.69, 9.17) is 16.3 Å². The summed E-state index contributed by atoms with van der Waals surface area (Å²) in [5.41, 5.74) is 3.45. The molecule has 0 aliphatic rings. The quantitative estimate of drug-likeness (QED) is 0.315. The third-order valence-corrected chi connectivity index (χ3v) is 5.78. The monoisotopic (exact) mass is 452 g/mol. The summed E-state index contributed by atoms with van der Waals surface area (Å²) in [6.45, 7) is 0.495. The Morgan fingerprint density at radius 1 is 0.812 bits per heavy atom. The Hall–Kier alpha value is -2.89. The zero-order valence-corrected chi connectivity index (χ0v) is 18.5. The average Bonchev–Trinajstić information content (AvgIpc) is 2.80. The van der Waals surface area contributed by atoms with Crippen LogP contribution in [0.25, 0.3) is 10.8 Å². The fourth-order valence-electron chi connectivity index (χ4n) is 3.72. The van der Waals surface area contributed by atoms with Gasteiger partial charge in [0.05, 0.1) is 11.6 Å². The van der Waals surface area contributed by atoms with Crippen LogP contribution in [-0.2, 0) is 37.0 Å². The van der Waals surface area contributed by atoms with Crippen LogP contribution < -0.4 is 0 Å². The molecule has 0 aliphatic carbocycles. The highest BCUT2D eigenvalue weighted by Gasteiger charge is 2.10. The van der Waals surface area contributed by atoms with Crippen LogP contribution in [0.5, 0.6) is 0 Å². The predicted molar refractivity (Wildman–Crippen MR) is 123 cm³/mol. The molecule has 0 radical (unpaired) electrons. The van der Waals surface area contributed by atoms with Crippen molar-refractivity contribution in [2.24, 2.45) is 0 Å². The van der Waals surface area contributed by atoms with E-state index in [9.17, 15) is 4.39 Å². The lowest BCUT2D eigenvalue weighted by Gasteiger charge is -2.09. The fourth-order valence-corrected chi connectivity index (χ4v) is 3.83. The average molecular weight is 453 g/mol. The van der Waals surface area contributed by atoms with E-state index < -0.39 is 5.82 Å². The number of rotatable bonds is 8. The molecule has 0 aliphatic heterocycles. The van der Waals surface area contributed by atoms with Crippen molar-refractivity contribution in [2.75, 3.05) is 7.11 Å². The SMILES string of the molecule is COCc1cnc(CCc2ccc3c(F)c(CCc4ccc(Cl)c(F)c4)ccc3c2)nc1. The summed E-state index contributed by atoms with van der Waals surface area (Å²) < 4.78 is 33.8. The molecule has 0 N–H and O–H groups in total. The van der Waals surface area contributed by atoms with Crippen LogP contribution in [0.15, 0.2) is 60.9 Å². The number of aryl methyl sites for hydroxylation is 4. The number of nitrogens with zero attached hydrogens (tertiary/aromatic N) is 2. The molecule has 32 heavy (non-hydrogen) atoms. The Morgan fingerprint density at radius 3 is 2.28 bits per heavy atom. The normalized spacial score (nSPS) is 11.2. The summed E-state index contributed by atoms with van der Waals surface area (Å²) in [4.78, 5) is 8.75. The topological polar surface area (TPSA) is 35.0 Å². The number of hydrogen-bond acceptors (Lipinski definition) is 3. The number of halogens is 3. The fraction of sp³-hybridized carbons (Fsp3) is 0.231. The molecular formula is C26H23ClF2N2O. The van der Waals surface area contributed by atoms with Gasteiger partial charge < -0.3 is 4.74 Å². The lowest BCUT2D eigenvalue weighted by molar-refractivity contribution is 0.184. The van der Waals surface area contributed by atoms with Gasteiger partial charge in [-0.25, -0.2) is 18.7 Å². The van der Waals surface area contributed by atoms with E-state index in [2.05, 4.69) is 9.97 Å². The molecule has 0 amide bonds. The number of benzene rings is 3. The first-order valence-corrected chi connectivity index (χ1v) is 10.8. The predicted octanol–water partition coefficient (Wildman–Crippen LogP) is 6.28. The van der Waals surface area contributed by atoms with E-state index in [1.165, 1.54) is 12.1 Å². The molecule has 0 atom stereocenters. The van der Waals surface area contributed by atoms with Gasteiger partial charge in [0.1, 0.15) is 17.5 Å². The molecule has 0 saturated carbocycles. The minimum Gasteiger partial charge on any atom is -0.380 e. The van der Waals surface area contributed by atoms with E-state index in [-0.39, 0.29) is 10.8 Å². The van der Waals surface area contributed by atoms with Gasteiger partial charge in [0.15, 0.2) is 0 Å². The molecule has 0 spiro atoms. The van der Waals surface area contributed by atoms with Gasteiger partial charge in [0.25, 0.3) is 0 Å². The van der Waals surface area contributed by atoms with E-state index in [0.717, 1.165) is 34.3 Å². The van der Waals surface area contributed by atoms with Gasteiger partial charge >= 0.3 is 0 Å². The van der Waals surface area contributed by atoms with Gasteiger partial charge in [0, 0.05) is 36.9 Å². The van der Waals surface area contributed by atoms with Crippen molar-refractivity contribution < 1.29 is 13.5 Å². The van der Waals surface area contributed by atoms with Crippen LogP contribution in [0.1, 0.15) is 28.1 Å². The number of hydrogen-bond donors (Lipinski definition) is 0. The molecule has 0 unspecified atom stereocenters. The number of fused-ring (bicyclic) bond motifs is 1. The minimum absolute atomic E-state index is 0.0936. The summed E-state index contributed by atoms with van der Waals surface area (Å²) in [6, 6.07) is 14.2. The van der Waals surface area contributed by atoms with E-state index in [0.29, 0.717) is 36.8 Å². The first kappa shape index (κ1) is 22.3. The molecule has 1 heterocycles. The van der Waals surface area contributed by atoms with Gasteiger partial charge in [0.2, 0.25) is 0 Å². The zero-order chi connectivity index (χ0) is 22.5. The molecule has 0 saturated heterocycles. The van der Waals surface area contributed by atoms with Crippen molar-refractivity contribution >= 4 is 22.4 Å². The Bertz CT molecular complexity index is 1230. The first-order valence-electron chi connectivity index (χ1n) is 10.5. The van der Waals surface area contributed by atoms with Crippen molar-refractivity contribution in [1.82, 2.24) is 9.97 Å². The highest BCUT2D eigenvalue weighted by Crippen LogP contribution is 2.25. The van der Waals surface area contributed by atoms with Crippen molar-refractivity contribution in [3.8, 4) is 0 Å². The smallest absolute Gasteiger partial charge is 0.142 e. The molecule has 0 fully saturated rings. The summed E-state index contributed by atoms with van der Waals surface area (Å²) in [5.74, 6) is 0.0951. The number of ether oxygens (including phenoxy) is 1. The number of aromatic nitrogens is 2. The molecule has 0 bridgehead atoms. The molecule has 6 heteroatoms. The van der Waals surface area contributed by atoms with Crippen LogP contribution in [-0.4, -0.2) is 17.1 Å². The summed E-state index contributed by atoms with van der Waals surface area (Å²) in [7, 11) is 1.64. The largest absolute Gasteiger partial charge is 0.380 e. The van der Waals surface area contributed by atoms with Gasteiger partial charge in [-0.05, 0) is 53.5 Å². The van der Waals surface area contributed by atoms with Crippen molar-refractivity contribution in [3.05, 3.63) is 106 Å². The highest BCUT2D eigenvalue weighted by molar-refractivity contribution is 6.30. The molecule has 4 rings (SSSR count). The standard InChI is InChI=1S/C26H23ClF2N2O/c1-32-16-19-14-30-25(31-15-19)11-5-17-3-9-22-21(12-17)8-7-20(26(22)29)6-2-18-4-10-23(27)24(28)13-18/h3-4,7-10,12-15H,2,5-6,11,16H2,1H3. The molecule has 3 nitrogen and oxygen atoms in total. The molecule has 1 aromatic heterocycles. The van der Waals surface area contributed by atoms with Gasteiger partial charge in [-0.2, -0.15) is 0 Å². The van der Waals surface area contributed by atoms with Crippen molar-refractivity contribution in [2.45, 2.75) is 32.3 Å². The highest BCUT2D eigenvalue weighted by atomic mass is 35.5. The van der Waals surface area contributed by atoms with E-state index in [1.54, 1.807) is 25.6 Å². The Balaban J connectivity index is 1.43. The van der Waals surface area contributed by atoms with Crippen LogP contribution >= 0.6 is 11.6 Å². The van der Waals surface area contributed by atoms with Gasteiger partial charge in [-0.1, -0.05) is 48.0 Å².